The van der Waals surface area contributed by atoms with Crippen molar-refractivity contribution in [3.63, 3.8) is 0 Å². The SMILES string of the molecule is CCC1COc2ccc3c(c2O1)CCC(=O)O3. The molecule has 0 radical (unpaired) electrons. The molecular weight excluding hydrogens is 220 g/mol. The monoisotopic (exact) mass is 234 g/mol. The molecule has 2 heterocycles. The van der Waals surface area contributed by atoms with Gasteiger partial charge in [0.15, 0.2) is 11.5 Å². The van der Waals surface area contributed by atoms with Crippen LogP contribution in [0, 0.1) is 0 Å². The predicted molar refractivity (Wildman–Crippen MR) is 60.6 cm³/mol. The van der Waals surface area contributed by atoms with Gasteiger partial charge in [0.05, 0.1) is 6.42 Å². The average Bonchev–Trinajstić information content (AvgIpc) is 2.37. The standard InChI is InChI=1S/C13H14O4/c1-2-8-7-15-11-5-4-10-9(13(11)16-8)3-6-12(14)17-10/h4-5,8H,2-3,6-7H2,1H3. The first kappa shape index (κ1) is 10.4. The normalized spacial score (nSPS) is 21.7. The fourth-order valence-corrected chi connectivity index (χ4v) is 2.15. The van der Waals surface area contributed by atoms with Crippen LogP contribution in [-0.2, 0) is 11.2 Å². The highest BCUT2D eigenvalue weighted by Crippen LogP contribution is 2.42. The van der Waals surface area contributed by atoms with Gasteiger partial charge in [0, 0.05) is 5.56 Å². The summed E-state index contributed by atoms with van der Waals surface area (Å²) in [6.45, 7) is 2.65. The molecule has 0 bridgehead atoms. The molecule has 1 atom stereocenters. The molecule has 0 N–H and O–H groups in total. The van der Waals surface area contributed by atoms with E-state index in [9.17, 15) is 4.79 Å². The Kier molecular flexibility index (Phi) is 2.42. The van der Waals surface area contributed by atoms with E-state index in [-0.39, 0.29) is 12.1 Å². The van der Waals surface area contributed by atoms with Gasteiger partial charge in [0.25, 0.3) is 0 Å². The predicted octanol–water partition coefficient (Wildman–Crippen LogP) is 2.09. The van der Waals surface area contributed by atoms with E-state index in [2.05, 4.69) is 6.92 Å². The molecule has 1 unspecified atom stereocenters. The zero-order valence-corrected chi connectivity index (χ0v) is 9.69. The number of fused-ring (bicyclic) bond motifs is 3. The number of rotatable bonds is 1. The van der Waals surface area contributed by atoms with Crippen LogP contribution in [0.1, 0.15) is 25.3 Å². The molecule has 4 heteroatoms. The molecule has 0 saturated carbocycles. The third-order valence-corrected chi connectivity index (χ3v) is 3.15. The van der Waals surface area contributed by atoms with Crippen molar-refractivity contribution in [1.29, 1.82) is 0 Å². The minimum absolute atomic E-state index is 0.0895. The zero-order valence-electron chi connectivity index (χ0n) is 9.69. The van der Waals surface area contributed by atoms with Crippen LogP contribution in [0.4, 0.5) is 0 Å². The lowest BCUT2D eigenvalue weighted by atomic mass is 10.0. The maximum absolute atomic E-state index is 11.2. The summed E-state index contributed by atoms with van der Waals surface area (Å²) in [5, 5.41) is 0. The summed E-state index contributed by atoms with van der Waals surface area (Å²) in [7, 11) is 0. The first-order valence-electron chi connectivity index (χ1n) is 5.94. The van der Waals surface area contributed by atoms with E-state index in [1.807, 2.05) is 0 Å². The Balaban J connectivity index is 2.02. The molecule has 0 saturated heterocycles. The highest BCUT2D eigenvalue weighted by molar-refractivity contribution is 5.76. The molecule has 4 nitrogen and oxygen atoms in total. The van der Waals surface area contributed by atoms with Crippen LogP contribution in [0.2, 0.25) is 0 Å². The molecule has 0 aromatic heterocycles. The number of esters is 1. The minimum Gasteiger partial charge on any atom is -0.486 e. The highest BCUT2D eigenvalue weighted by Gasteiger charge is 2.28. The van der Waals surface area contributed by atoms with Gasteiger partial charge in [-0.25, -0.2) is 0 Å². The van der Waals surface area contributed by atoms with E-state index < -0.39 is 0 Å². The van der Waals surface area contributed by atoms with Crippen molar-refractivity contribution in [2.75, 3.05) is 6.61 Å². The second-order valence-electron chi connectivity index (χ2n) is 4.30. The van der Waals surface area contributed by atoms with Gasteiger partial charge in [-0.15, -0.1) is 0 Å². The van der Waals surface area contributed by atoms with E-state index >= 15 is 0 Å². The maximum Gasteiger partial charge on any atom is 0.311 e. The van der Waals surface area contributed by atoms with Crippen LogP contribution < -0.4 is 14.2 Å². The van der Waals surface area contributed by atoms with Crippen LogP contribution in [-0.4, -0.2) is 18.7 Å². The van der Waals surface area contributed by atoms with E-state index in [1.165, 1.54) is 0 Å². The van der Waals surface area contributed by atoms with Crippen molar-refractivity contribution < 1.29 is 19.0 Å². The van der Waals surface area contributed by atoms with Crippen molar-refractivity contribution in [1.82, 2.24) is 0 Å². The number of hydrogen-bond donors (Lipinski definition) is 0. The van der Waals surface area contributed by atoms with Crippen LogP contribution in [0.5, 0.6) is 17.2 Å². The molecule has 17 heavy (non-hydrogen) atoms. The van der Waals surface area contributed by atoms with E-state index in [1.54, 1.807) is 12.1 Å². The number of ether oxygens (including phenoxy) is 3. The number of benzene rings is 1. The molecule has 1 aromatic carbocycles. The summed E-state index contributed by atoms with van der Waals surface area (Å²) in [4.78, 5) is 11.2. The molecule has 2 aliphatic rings. The molecule has 3 rings (SSSR count). The Bertz CT molecular complexity index is 467. The van der Waals surface area contributed by atoms with Crippen LogP contribution in [0.15, 0.2) is 12.1 Å². The van der Waals surface area contributed by atoms with Gasteiger partial charge in [0.2, 0.25) is 0 Å². The Morgan fingerprint density at radius 2 is 2.12 bits per heavy atom. The summed E-state index contributed by atoms with van der Waals surface area (Å²) >= 11 is 0. The molecule has 0 aliphatic carbocycles. The second-order valence-corrected chi connectivity index (χ2v) is 4.30. The van der Waals surface area contributed by atoms with E-state index in [0.29, 0.717) is 25.2 Å². The third kappa shape index (κ3) is 1.73. The van der Waals surface area contributed by atoms with Gasteiger partial charge in [-0.1, -0.05) is 6.92 Å². The molecular formula is C13H14O4. The van der Waals surface area contributed by atoms with Crippen molar-refractivity contribution >= 4 is 5.97 Å². The number of hydrogen-bond acceptors (Lipinski definition) is 4. The Labute approximate surface area is 99.5 Å². The Morgan fingerprint density at radius 1 is 1.29 bits per heavy atom. The summed E-state index contributed by atoms with van der Waals surface area (Å²) < 4.78 is 16.7. The Morgan fingerprint density at radius 3 is 2.94 bits per heavy atom. The molecule has 0 amide bonds. The van der Waals surface area contributed by atoms with Gasteiger partial charge in [-0.2, -0.15) is 0 Å². The zero-order chi connectivity index (χ0) is 11.8. The van der Waals surface area contributed by atoms with Gasteiger partial charge >= 0.3 is 5.97 Å². The second kappa shape index (κ2) is 3.95. The average molecular weight is 234 g/mol. The Hall–Kier alpha value is -1.71. The van der Waals surface area contributed by atoms with Crippen LogP contribution in [0.3, 0.4) is 0 Å². The van der Waals surface area contributed by atoms with Gasteiger partial charge in [0.1, 0.15) is 18.5 Å². The summed E-state index contributed by atoms with van der Waals surface area (Å²) in [5.74, 6) is 1.95. The van der Waals surface area contributed by atoms with Gasteiger partial charge in [-0.05, 0) is 25.0 Å². The summed E-state index contributed by atoms with van der Waals surface area (Å²) in [6, 6.07) is 3.58. The summed E-state index contributed by atoms with van der Waals surface area (Å²) in [6.07, 6.45) is 2.07. The number of carbonyl (C=O) groups is 1. The topological polar surface area (TPSA) is 44.8 Å². The lowest BCUT2D eigenvalue weighted by Crippen LogP contribution is -2.29. The van der Waals surface area contributed by atoms with Crippen molar-refractivity contribution in [2.45, 2.75) is 32.3 Å². The minimum atomic E-state index is -0.179. The number of carbonyl (C=O) groups excluding carboxylic acids is 1. The highest BCUT2D eigenvalue weighted by atomic mass is 16.6. The lowest BCUT2D eigenvalue weighted by molar-refractivity contribution is -0.135. The first-order valence-corrected chi connectivity index (χ1v) is 5.94. The third-order valence-electron chi connectivity index (χ3n) is 3.15. The van der Waals surface area contributed by atoms with Gasteiger partial charge < -0.3 is 14.2 Å². The van der Waals surface area contributed by atoms with Crippen molar-refractivity contribution in [3.8, 4) is 17.2 Å². The van der Waals surface area contributed by atoms with Crippen LogP contribution in [0.25, 0.3) is 0 Å². The molecule has 2 aliphatic heterocycles. The van der Waals surface area contributed by atoms with Crippen molar-refractivity contribution in [2.24, 2.45) is 0 Å². The molecule has 90 valence electrons. The van der Waals surface area contributed by atoms with Crippen molar-refractivity contribution in [3.05, 3.63) is 17.7 Å². The van der Waals surface area contributed by atoms with Crippen LogP contribution >= 0.6 is 0 Å². The smallest absolute Gasteiger partial charge is 0.311 e. The maximum atomic E-state index is 11.2. The molecule has 0 fully saturated rings. The molecule has 0 spiro atoms. The molecule has 1 aromatic rings. The quantitative estimate of drug-likeness (QED) is 0.551. The summed E-state index contributed by atoms with van der Waals surface area (Å²) in [5.41, 5.74) is 0.959. The first-order chi connectivity index (χ1) is 8.28. The fraction of sp³-hybridized carbons (Fsp3) is 0.462. The lowest BCUT2D eigenvalue weighted by Gasteiger charge is -2.29. The largest absolute Gasteiger partial charge is 0.486 e. The van der Waals surface area contributed by atoms with E-state index in [0.717, 1.165) is 23.5 Å². The van der Waals surface area contributed by atoms with Gasteiger partial charge in [-0.3, -0.25) is 4.79 Å². The fourth-order valence-electron chi connectivity index (χ4n) is 2.15. The van der Waals surface area contributed by atoms with E-state index in [4.69, 9.17) is 14.2 Å².